The summed E-state index contributed by atoms with van der Waals surface area (Å²) in [7, 11) is 0. The predicted molar refractivity (Wildman–Crippen MR) is 89.0 cm³/mol. The van der Waals surface area contributed by atoms with Gasteiger partial charge in [-0.25, -0.2) is 4.98 Å². The van der Waals surface area contributed by atoms with E-state index in [1.54, 1.807) is 0 Å². The molecule has 1 fully saturated rings. The Balaban J connectivity index is 1.99. The van der Waals surface area contributed by atoms with E-state index in [0.29, 0.717) is 12.0 Å². The third-order valence-electron chi connectivity index (χ3n) is 4.46. The molecule has 0 aliphatic heterocycles. The average Bonchev–Trinajstić information content (AvgIpc) is 2.78. The van der Waals surface area contributed by atoms with E-state index in [2.05, 4.69) is 48.7 Å². The van der Waals surface area contributed by atoms with E-state index in [0.717, 1.165) is 12.1 Å². The predicted octanol–water partition coefficient (Wildman–Crippen LogP) is 4.59. The minimum atomic E-state index is 0.615. The number of anilines is 1. The van der Waals surface area contributed by atoms with E-state index in [1.165, 1.54) is 49.3 Å². The third kappa shape index (κ3) is 3.07. The molecule has 0 spiro atoms. The topological polar surface area (TPSA) is 29.3 Å². The Bertz CT molecular complexity index is 606. The van der Waals surface area contributed by atoms with Gasteiger partial charge in [0.1, 0.15) is 11.5 Å². The van der Waals surface area contributed by atoms with E-state index in [1.807, 2.05) is 0 Å². The van der Waals surface area contributed by atoms with Crippen molar-refractivity contribution in [2.75, 3.05) is 5.32 Å². The minimum Gasteiger partial charge on any atom is -0.367 e. The molecule has 2 heterocycles. The summed E-state index contributed by atoms with van der Waals surface area (Å²) < 4.78 is 2.30. The molecule has 1 N–H and O–H groups in total. The normalized spacial score (nSPS) is 16.8. The summed E-state index contributed by atoms with van der Waals surface area (Å²) in [5, 5.41) is 3.82. The summed E-state index contributed by atoms with van der Waals surface area (Å²) in [5.41, 5.74) is 3.56. The van der Waals surface area contributed by atoms with Crippen LogP contribution in [0.25, 0.3) is 5.65 Å². The van der Waals surface area contributed by atoms with Gasteiger partial charge in [-0.3, -0.25) is 4.40 Å². The minimum absolute atomic E-state index is 0.615. The number of nitrogens with one attached hydrogen (secondary N) is 1. The number of pyridine rings is 1. The van der Waals surface area contributed by atoms with Crippen molar-refractivity contribution in [3.8, 4) is 0 Å². The Hall–Kier alpha value is -1.51. The first-order valence-corrected chi connectivity index (χ1v) is 8.38. The van der Waals surface area contributed by atoms with Crippen LogP contribution in [0.5, 0.6) is 0 Å². The van der Waals surface area contributed by atoms with Crippen molar-refractivity contribution in [1.29, 1.82) is 0 Å². The molecule has 0 radical (unpaired) electrons. The maximum Gasteiger partial charge on any atom is 0.138 e. The molecule has 3 nitrogen and oxygen atoms in total. The van der Waals surface area contributed by atoms with Crippen LogP contribution in [0.15, 0.2) is 18.2 Å². The lowest BCUT2D eigenvalue weighted by molar-refractivity contribution is 0.461. The number of imidazole rings is 1. The van der Waals surface area contributed by atoms with Gasteiger partial charge in [-0.1, -0.05) is 39.2 Å². The molecule has 3 heteroatoms. The van der Waals surface area contributed by atoms with Gasteiger partial charge in [0.05, 0.1) is 5.69 Å². The molecule has 1 aliphatic rings. The van der Waals surface area contributed by atoms with Gasteiger partial charge in [-0.2, -0.15) is 0 Å². The molecule has 114 valence electrons. The van der Waals surface area contributed by atoms with Crippen molar-refractivity contribution < 1.29 is 0 Å². The second-order valence-electron chi connectivity index (χ2n) is 6.85. The van der Waals surface area contributed by atoms with Crippen molar-refractivity contribution in [1.82, 2.24) is 9.38 Å². The van der Waals surface area contributed by atoms with Crippen LogP contribution in [-0.4, -0.2) is 15.4 Å². The summed E-state index contributed by atoms with van der Waals surface area (Å²) >= 11 is 0. The van der Waals surface area contributed by atoms with Crippen LogP contribution in [0.3, 0.4) is 0 Å². The molecule has 0 saturated heterocycles. The Kier molecular flexibility index (Phi) is 4.18. The smallest absolute Gasteiger partial charge is 0.138 e. The van der Waals surface area contributed by atoms with Crippen LogP contribution in [0, 0.1) is 12.8 Å². The summed E-state index contributed by atoms with van der Waals surface area (Å²) in [6.45, 7) is 6.70. The number of aryl methyl sites for hydroxylation is 1. The SMILES string of the molecule is Cc1cccc2nc(CC(C)C)c(NC3CCCCC3)n12. The highest BCUT2D eigenvalue weighted by molar-refractivity contribution is 5.57. The molecule has 2 aromatic heterocycles. The van der Waals surface area contributed by atoms with Crippen LogP contribution in [0.4, 0.5) is 5.82 Å². The largest absolute Gasteiger partial charge is 0.367 e. The average molecular weight is 285 g/mol. The molecular weight excluding hydrogens is 258 g/mol. The molecular formula is C18H27N3. The maximum atomic E-state index is 4.88. The molecule has 21 heavy (non-hydrogen) atoms. The Morgan fingerprint density at radius 2 is 2.00 bits per heavy atom. The summed E-state index contributed by atoms with van der Waals surface area (Å²) in [6.07, 6.45) is 7.72. The molecule has 2 aromatic rings. The molecule has 0 amide bonds. The first kappa shape index (κ1) is 14.4. The van der Waals surface area contributed by atoms with Crippen molar-refractivity contribution >= 4 is 11.5 Å². The van der Waals surface area contributed by atoms with Crippen molar-refractivity contribution in [3.63, 3.8) is 0 Å². The van der Waals surface area contributed by atoms with Gasteiger partial charge in [0.15, 0.2) is 0 Å². The Morgan fingerprint density at radius 3 is 2.71 bits per heavy atom. The Labute approximate surface area is 127 Å². The van der Waals surface area contributed by atoms with Crippen LogP contribution in [0.2, 0.25) is 0 Å². The van der Waals surface area contributed by atoms with Crippen LogP contribution in [-0.2, 0) is 6.42 Å². The van der Waals surface area contributed by atoms with Gasteiger partial charge in [-0.15, -0.1) is 0 Å². The molecule has 1 saturated carbocycles. The van der Waals surface area contributed by atoms with Crippen molar-refractivity contribution in [3.05, 3.63) is 29.6 Å². The lowest BCUT2D eigenvalue weighted by atomic mass is 9.95. The lowest BCUT2D eigenvalue weighted by Crippen LogP contribution is -2.24. The highest BCUT2D eigenvalue weighted by Gasteiger charge is 2.19. The first-order chi connectivity index (χ1) is 10.1. The van der Waals surface area contributed by atoms with Crippen molar-refractivity contribution in [2.45, 2.75) is 65.3 Å². The quantitative estimate of drug-likeness (QED) is 0.890. The zero-order chi connectivity index (χ0) is 14.8. The standard InChI is InChI=1S/C18H27N3/c1-13(2)12-16-18(19-15-9-5-4-6-10-15)21-14(3)8-7-11-17(21)20-16/h7-8,11,13,15,19H,4-6,9-10,12H2,1-3H3. The summed E-state index contributed by atoms with van der Waals surface area (Å²) in [5.74, 6) is 1.87. The van der Waals surface area contributed by atoms with E-state index in [4.69, 9.17) is 4.98 Å². The van der Waals surface area contributed by atoms with Gasteiger partial charge < -0.3 is 5.32 Å². The van der Waals surface area contributed by atoms with Crippen LogP contribution >= 0.6 is 0 Å². The molecule has 0 atom stereocenters. The molecule has 0 unspecified atom stereocenters. The number of hydrogen-bond donors (Lipinski definition) is 1. The molecule has 0 aromatic carbocycles. The monoisotopic (exact) mass is 285 g/mol. The Morgan fingerprint density at radius 1 is 1.24 bits per heavy atom. The fourth-order valence-electron chi connectivity index (χ4n) is 3.42. The van der Waals surface area contributed by atoms with Gasteiger partial charge >= 0.3 is 0 Å². The van der Waals surface area contributed by atoms with Crippen LogP contribution in [0.1, 0.15) is 57.3 Å². The highest BCUT2D eigenvalue weighted by Crippen LogP contribution is 2.27. The molecule has 3 rings (SSSR count). The number of hydrogen-bond acceptors (Lipinski definition) is 2. The zero-order valence-electron chi connectivity index (χ0n) is 13.5. The number of fused-ring (bicyclic) bond motifs is 1. The van der Waals surface area contributed by atoms with Crippen molar-refractivity contribution in [2.24, 2.45) is 5.92 Å². The van der Waals surface area contributed by atoms with Gasteiger partial charge in [0.25, 0.3) is 0 Å². The van der Waals surface area contributed by atoms with E-state index in [9.17, 15) is 0 Å². The second kappa shape index (κ2) is 6.08. The van der Waals surface area contributed by atoms with E-state index >= 15 is 0 Å². The third-order valence-corrected chi connectivity index (χ3v) is 4.46. The lowest BCUT2D eigenvalue weighted by Gasteiger charge is -2.24. The van der Waals surface area contributed by atoms with Gasteiger partial charge in [-0.05, 0) is 44.2 Å². The molecule has 1 aliphatic carbocycles. The number of nitrogens with zero attached hydrogens (tertiary/aromatic N) is 2. The van der Waals surface area contributed by atoms with Gasteiger partial charge in [0.2, 0.25) is 0 Å². The summed E-state index contributed by atoms with van der Waals surface area (Å²) in [6, 6.07) is 6.99. The van der Waals surface area contributed by atoms with Crippen LogP contribution < -0.4 is 5.32 Å². The maximum absolute atomic E-state index is 4.88. The first-order valence-electron chi connectivity index (χ1n) is 8.38. The van der Waals surface area contributed by atoms with Gasteiger partial charge in [0, 0.05) is 11.7 Å². The summed E-state index contributed by atoms with van der Waals surface area (Å²) in [4.78, 5) is 4.88. The number of aromatic nitrogens is 2. The highest BCUT2D eigenvalue weighted by atomic mass is 15.2. The fourth-order valence-corrected chi connectivity index (χ4v) is 3.42. The zero-order valence-corrected chi connectivity index (χ0v) is 13.5. The second-order valence-corrected chi connectivity index (χ2v) is 6.85. The number of rotatable bonds is 4. The van der Waals surface area contributed by atoms with E-state index < -0.39 is 0 Å². The van der Waals surface area contributed by atoms with E-state index in [-0.39, 0.29) is 0 Å². The fraction of sp³-hybridized carbons (Fsp3) is 0.611. The molecule has 0 bridgehead atoms.